The Bertz CT molecular complexity index is 1800. The van der Waals surface area contributed by atoms with Crippen molar-refractivity contribution in [3.63, 3.8) is 0 Å². The van der Waals surface area contributed by atoms with Crippen molar-refractivity contribution in [2.45, 2.75) is 64.1 Å². The molecule has 1 saturated carbocycles. The lowest BCUT2D eigenvalue weighted by atomic mass is 9.95. The Balaban J connectivity index is 1.20. The molecule has 0 unspecified atom stereocenters. The number of allylic oxidation sites excluding steroid dienone is 1. The lowest BCUT2D eigenvalue weighted by molar-refractivity contribution is -0.137. The predicted octanol–water partition coefficient (Wildman–Crippen LogP) is 5.96. The van der Waals surface area contributed by atoms with Crippen LogP contribution in [0.2, 0.25) is 0 Å². The van der Waals surface area contributed by atoms with Gasteiger partial charge in [0.15, 0.2) is 0 Å². The molecule has 0 bridgehead atoms. The number of unbranched alkanes of at least 4 members (excludes halogenated alkanes) is 1. The number of nitrogen functional groups attached to an aromatic ring is 1. The van der Waals surface area contributed by atoms with Crippen molar-refractivity contribution in [2.24, 2.45) is 0 Å². The van der Waals surface area contributed by atoms with Gasteiger partial charge in [0, 0.05) is 48.6 Å². The van der Waals surface area contributed by atoms with Gasteiger partial charge < -0.3 is 21.3 Å². The standard InChI is InChI=1S/C34H37F3N8O3/c1-21(46)45(20-28(47)41-26-9-5-2-6-10-26)17-7-3-4-8-24-19-40-32(38)29-30(43-44-31(24)29)22-11-13-23(14-12-22)33(48)42-27-18-25(15-16-39-27)34(35,36)37/h4,8,11-16,18-19,26H,2-3,5-7,9-10,17,20H2,1H3,(H2,38,40)(H,41,47)(H,43,44)(H,39,42,48)/b8-4+. The fourth-order valence-electron chi connectivity index (χ4n) is 5.70. The minimum absolute atomic E-state index is 0.0484. The summed E-state index contributed by atoms with van der Waals surface area (Å²) in [6, 6.07) is 8.18. The number of aromatic amines is 1. The van der Waals surface area contributed by atoms with Gasteiger partial charge in [-0.1, -0.05) is 43.5 Å². The number of alkyl halides is 3. The van der Waals surface area contributed by atoms with E-state index in [4.69, 9.17) is 5.73 Å². The molecule has 3 heterocycles. The molecular weight excluding hydrogens is 625 g/mol. The van der Waals surface area contributed by atoms with Crippen LogP contribution in [0.5, 0.6) is 0 Å². The molecule has 14 heteroatoms. The monoisotopic (exact) mass is 662 g/mol. The number of halogens is 3. The van der Waals surface area contributed by atoms with Gasteiger partial charge in [-0.2, -0.15) is 18.3 Å². The van der Waals surface area contributed by atoms with Crippen molar-refractivity contribution in [3.8, 4) is 11.3 Å². The van der Waals surface area contributed by atoms with Crippen molar-refractivity contribution in [3.05, 3.63) is 71.6 Å². The smallest absolute Gasteiger partial charge is 0.383 e. The Morgan fingerprint density at radius 1 is 1.08 bits per heavy atom. The number of pyridine rings is 2. The number of hydrogen-bond donors (Lipinski definition) is 4. The van der Waals surface area contributed by atoms with E-state index in [1.54, 1.807) is 23.2 Å². The number of benzene rings is 1. The molecule has 48 heavy (non-hydrogen) atoms. The quantitative estimate of drug-likeness (QED) is 0.144. The van der Waals surface area contributed by atoms with Gasteiger partial charge in [0.1, 0.15) is 17.2 Å². The average molecular weight is 663 g/mol. The van der Waals surface area contributed by atoms with Gasteiger partial charge in [-0.25, -0.2) is 9.97 Å². The summed E-state index contributed by atoms with van der Waals surface area (Å²) in [6.45, 7) is 1.97. The SMILES string of the molecule is CC(=O)N(CCC/C=C/c1cnc(N)c2c(-c3ccc(C(=O)Nc4cc(C(F)(F)F)ccn4)cc3)[nH]nc12)CC(=O)NC1CCCCC1. The number of amides is 3. The Kier molecular flexibility index (Phi) is 10.7. The van der Waals surface area contributed by atoms with Crippen LogP contribution in [0.25, 0.3) is 28.2 Å². The second-order valence-corrected chi connectivity index (χ2v) is 11.8. The third-order valence-corrected chi connectivity index (χ3v) is 8.25. The van der Waals surface area contributed by atoms with Crippen molar-refractivity contribution in [1.29, 1.82) is 0 Å². The topological polar surface area (TPSA) is 159 Å². The van der Waals surface area contributed by atoms with Crippen molar-refractivity contribution < 1.29 is 27.6 Å². The Morgan fingerprint density at radius 2 is 1.83 bits per heavy atom. The van der Waals surface area contributed by atoms with E-state index in [1.165, 1.54) is 25.5 Å². The molecule has 0 radical (unpaired) electrons. The summed E-state index contributed by atoms with van der Waals surface area (Å²) in [6.07, 6.45) is 8.58. The first-order valence-corrected chi connectivity index (χ1v) is 15.8. The fraction of sp³-hybridized carbons (Fsp3) is 0.353. The number of nitrogens with two attached hydrogens (primary N) is 1. The number of hydrogen-bond acceptors (Lipinski definition) is 7. The minimum atomic E-state index is -4.56. The molecule has 0 spiro atoms. The predicted molar refractivity (Wildman–Crippen MR) is 176 cm³/mol. The minimum Gasteiger partial charge on any atom is -0.383 e. The molecule has 4 aromatic rings. The summed E-state index contributed by atoms with van der Waals surface area (Å²) in [4.78, 5) is 47.1. The van der Waals surface area contributed by atoms with E-state index in [-0.39, 0.29) is 41.6 Å². The highest BCUT2D eigenvalue weighted by Gasteiger charge is 2.31. The van der Waals surface area contributed by atoms with E-state index >= 15 is 0 Å². The number of anilines is 2. The van der Waals surface area contributed by atoms with Gasteiger partial charge in [-0.15, -0.1) is 0 Å². The van der Waals surface area contributed by atoms with E-state index in [0.717, 1.165) is 49.6 Å². The summed E-state index contributed by atoms with van der Waals surface area (Å²) in [7, 11) is 0. The number of aromatic nitrogens is 4. The maximum absolute atomic E-state index is 13.0. The zero-order valence-corrected chi connectivity index (χ0v) is 26.4. The third-order valence-electron chi connectivity index (χ3n) is 8.25. The summed E-state index contributed by atoms with van der Waals surface area (Å²) in [5.74, 6) is -0.848. The molecular formula is C34H37F3N8O3. The molecule has 1 fully saturated rings. The van der Waals surface area contributed by atoms with Gasteiger partial charge in [0.05, 0.1) is 23.2 Å². The number of carbonyl (C=O) groups excluding carboxylic acids is 3. The first kappa shape index (κ1) is 34.1. The molecule has 11 nitrogen and oxygen atoms in total. The van der Waals surface area contributed by atoms with Crippen LogP contribution < -0.4 is 16.4 Å². The van der Waals surface area contributed by atoms with Crippen LogP contribution in [0.1, 0.15) is 73.4 Å². The highest BCUT2D eigenvalue weighted by atomic mass is 19.4. The number of rotatable bonds is 11. The van der Waals surface area contributed by atoms with E-state index in [0.29, 0.717) is 41.5 Å². The van der Waals surface area contributed by atoms with Gasteiger partial charge in [0.25, 0.3) is 5.91 Å². The van der Waals surface area contributed by atoms with E-state index in [2.05, 4.69) is 30.8 Å². The van der Waals surface area contributed by atoms with E-state index in [9.17, 15) is 27.6 Å². The molecule has 5 N–H and O–H groups in total. The zero-order chi connectivity index (χ0) is 34.3. The third kappa shape index (κ3) is 8.55. The van der Waals surface area contributed by atoms with E-state index < -0.39 is 17.6 Å². The molecule has 1 aliphatic carbocycles. The van der Waals surface area contributed by atoms with Crippen molar-refractivity contribution in [1.82, 2.24) is 30.4 Å². The summed E-state index contributed by atoms with van der Waals surface area (Å²) < 4.78 is 39.1. The van der Waals surface area contributed by atoms with Gasteiger partial charge in [0.2, 0.25) is 11.8 Å². The number of carbonyl (C=O) groups is 3. The molecule has 0 aliphatic heterocycles. The van der Waals surface area contributed by atoms with Crippen LogP contribution in [0.4, 0.5) is 24.8 Å². The molecule has 252 valence electrons. The highest BCUT2D eigenvalue weighted by molar-refractivity contribution is 6.05. The fourth-order valence-corrected chi connectivity index (χ4v) is 5.70. The first-order valence-electron chi connectivity index (χ1n) is 15.8. The van der Waals surface area contributed by atoms with E-state index in [1.807, 2.05) is 12.2 Å². The maximum atomic E-state index is 13.0. The average Bonchev–Trinajstić information content (AvgIpc) is 3.52. The van der Waals surface area contributed by atoms with Crippen LogP contribution in [0, 0.1) is 0 Å². The molecule has 1 aromatic carbocycles. The van der Waals surface area contributed by atoms with Gasteiger partial charge in [-0.05, 0) is 49.9 Å². The largest absolute Gasteiger partial charge is 0.416 e. The normalized spacial score (nSPS) is 13.9. The zero-order valence-electron chi connectivity index (χ0n) is 26.4. The Labute approximate surface area is 275 Å². The highest BCUT2D eigenvalue weighted by Crippen LogP contribution is 2.33. The lowest BCUT2D eigenvalue weighted by Crippen LogP contribution is -2.44. The molecule has 5 rings (SSSR count). The number of nitrogens with zero attached hydrogens (tertiary/aromatic N) is 4. The number of nitrogens with one attached hydrogen (secondary N) is 3. The number of H-pyrrole nitrogens is 1. The Morgan fingerprint density at radius 3 is 2.54 bits per heavy atom. The summed E-state index contributed by atoms with van der Waals surface area (Å²) >= 11 is 0. The molecule has 0 atom stereocenters. The van der Waals surface area contributed by atoms with Gasteiger partial charge >= 0.3 is 6.18 Å². The van der Waals surface area contributed by atoms with Crippen molar-refractivity contribution >= 4 is 46.3 Å². The molecule has 3 amide bonds. The molecule has 1 aliphatic rings. The van der Waals surface area contributed by atoms with Crippen molar-refractivity contribution in [2.75, 3.05) is 24.1 Å². The summed E-state index contributed by atoms with van der Waals surface area (Å²) in [5.41, 5.74) is 8.10. The van der Waals surface area contributed by atoms with Crippen LogP contribution in [0.15, 0.2) is 54.9 Å². The Hall–Kier alpha value is -5.27. The second kappa shape index (κ2) is 15.1. The maximum Gasteiger partial charge on any atom is 0.416 e. The van der Waals surface area contributed by atoms with Crippen LogP contribution in [-0.4, -0.2) is 61.9 Å². The van der Waals surface area contributed by atoms with Gasteiger partial charge in [-0.3, -0.25) is 19.5 Å². The first-order chi connectivity index (χ1) is 23.0. The number of fused-ring (bicyclic) bond motifs is 1. The van der Waals surface area contributed by atoms with Crippen LogP contribution >= 0.6 is 0 Å². The lowest BCUT2D eigenvalue weighted by Gasteiger charge is -2.25. The van der Waals surface area contributed by atoms with Crippen LogP contribution in [-0.2, 0) is 15.8 Å². The second-order valence-electron chi connectivity index (χ2n) is 11.8. The van der Waals surface area contributed by atoms with Crippen LogP contribution in [0.3, 0.4) is 0 Å². The summed E-state index contributed by atoms with van der Waals surface area (Å²) in [5, 5.41) is 13.5. The molecule has 0 saturated heterocycles. The molecule has 3 aromatic heterocycles.